The molecule has 2 heterocycles. The monoisotopic (exact) mass is 475 g/mol. The third kappa shape index (κ3) is 7.28. The molecule has 1 aliphatic rings. The molecule has 1 aromatic carbocycles. The zero-order valence-electron chi connectivity index (χ0n) is 19.7. The molecule has 1 N–H and O–H groups in total. The van der Waals surface area contributed by atoms with E-state index in [-0.39, 0.29) is 16.6 Å². The van der Waals surface area contributed by atoms with Gasteiger partial charge in [-0.05, 0) is 51.4 Å². The van der Waals surface area contributed by atoms with Gasteiger partial charge in [0.25, 0.3) is 5.91 Å². The number of nitrogens with zero attached hydrogens (tertiary/aromatic N) is 4. The molecule has 1 saturated heterocycles. The van der Waals surface area contributed by atoms with Crippen LogP contribution in [-0.4, -0.2) is 73.3 Å². The number of benzene rings is 1. The summed E-state index contributed by atoms with van der Waals surface area (Å²) in [6.07, 6.45) is 3.61. The van der Waals surface area contributed by atoms with Crippen molar-refractivity contribution >= 4 is 23.5 Å². The van der Waals surface area contributed by atoms with Gasteiger partial charge in [-0.3, -0.25) is 9.69 Å². The predicted molar refractivity (Wildman–Crippen MR) is 130 cm³/mol. The van der Waals surface area contributed by atoms with Crippen molar-refractivity contribution in [3.8, 4) is 5.75 Å². The van der Waals surface area contributed by atoms with Crippen molar-refractivity contribution in [1.29, 1.82) is 0 Å². The summed E-state index contributed by atoms with van der Waals surface area (Å²) in [5.41, 5.74) is 1.12. The van der Waals surface area contributed by atoms with Gasteiger partial charge in [0.1, 0.15) is 12.4 Å². The van der Waals surface area contributed by atoms with Gasteiger partial charge in [-0.25, -0.2) is 9.97 Å². The minimum absolute atomic E-state index is 0.178. The summed E-state index contributed by atoms with van der Waals surface area (Å²) in [5.74, 6) is 0.946. The third-order valence-electron chi connectivity index (χ3n) is 5.87. The highest BCUT2D eigenvalue weighted by molar-refractivity contribution is 6.33. The van der Waals surface area contributed by atoms with Gasteiger partial charge in [0, 0.05) is 45.4 Å². The Hall–Kier alpha value is -2.42. The van der Waals surface area contributed by atoms with Crippen molar-refractivity contribution in [3.63, 3.8) is 0 Å². The van der Waals surface area contributed by atoms with Gasteiger partial charge in [0.15, 0.2) is 5.69 Å². The van der Waals surface area contributed by atoms with Gasteiger partial charge in [-0.1, -0.05) is 23.7 Å². The van der Waals surface area contributed by atoms with Crippen LogP contribution in [0.5, 0.6) is 5.75 Å². The van der Waals surface area contributed by atoms with E-state index in [1.807, 2.05) is 43.0 Å². The smallest absolute Gasteiger partial charge is 0.271 e. The number of anilines is 1. The average Bonchev–Trinajstić information content (AvgIpc) is 2.85. The van der Waals surface area contributed by atoms with Crippen molar-refractivity contribution in [2.45, 2.75) is 39.3 Å². The molecule has 180 valence electrons. The van der Waals surface area contributed by atoms with E-state index < -0.39 is 0 Å². The van der Waals surface area contributed by atoms with E-state index in [4.69, 9.17) is 21.1 Å². The highest BCUT2D eigenvalue weighted by Crippen LogP contribution is 2.18. The van der Waals surface area contributed by atoms with E-state index in [1.165, 1.54) is 6.20 Å². The molecule has 0 bridgehead atoms. The SMILES string of the molecule is CCN(CC)c1ncc(Cl)c(C(=O)NCc2cccc(OCCN(C)C3CCOCC3)c2)n1. The van der Waals surface area contributed by atoms with Crippen molar-refractivity contribution in [3.05, 3.63) is 46.7 Å². The van der Waals surface area contributed by atoms with E-state index in [2.05, 4.69) is 27.2 Å². The number of carbonyl (C=O) groups excluding carboxylic acids is 1. The topological polar surface area (TPSA) is 79.8 Å². The number of hydrogen-bond acceptors (Lipinski definition) is 7. The van der Waals surface area contributed by atoms with Crippen molar-refractivity contribution in [1.82, 2.24) is 20.2 Å². The zero-order valence-corrected chi connectivity index (χ0v) is 20.5. The molecule has 8 nitrogen and oxygen atoms in total. The summed E-state index contributed by atoms with van der Waals surface area (Å²) >= 11 is 6.19. The lowest BCUT2D eigenvalue weighted by atomic mass is 10.1. The number of rotatable bonds is 11. The standard InChI is InChI=1S/C24H34ClN5O3/c1-4-30(5-2)24-27-17-21(25)22(28-24)23(31)26-16-18-7-6-8-20(15-18)33-14-11-29(3)19-9-12-32-13-10-19/h6-8,15,17,19H,4-5,9-14,16H2,1-3H3,(H,26,31). The summed E-state index contributed by atoms with van der Waals surface area (Å²) in [6, 6.07) is 8.30. The zero-order chi connectivity index (χ0) is 23.6. The lowest BCUT2D eigenvalue weighted by Gasteiger charge is -2.31. The largest absolute Gasteiger partial charge is 0.492 e. The number of amides is 1. The Morgan fingerprint density at radius 2 is 2.03 bits per heavy atom. The summed E-state index contributed by atoms with van der Waals surface area (Å²) in [5, 5.41) is 3.13. The van der Waals surface area contributed by atoms with Crippen LogP contribution < -0.4 is 15.0 Å². The second kappa shape index (κ2) is 12.7. The van der Waals surface area contributed by atoms with Gasteiger partial charge >= 0.3 is 0 Å². The van der Waals surface area contributed by atoms with E-state index in [0.29, 0.717) is 25.1 Å². The molecular weight excluding hydrogens is 442 g/mol. The molecule has 1 amide bonds. The highest BCUT2D eigenvalue weighted by atomic mass is 35.5. The summed E-state index contributed by atoms with van der Waals surface area (Å²) in [7, 11) is 2.13. The molecule has 0 saturated carbocycles. The molecule has 9 heteroatoms. The minimum atomic E-state index is -0.333. The second-order valence-electron chi connectivity index (χ2n) is 8.04. The Kier molecular flexibility index (Phi) is 9.72. The Morgan fingerprint density at radius 3 is 2.76 bits per heavy atom. The summed E-state index contributed by atoms with van der Waals surface area (Å²) in [4.78, 5) is 25.6. The number of carbonyl (C=O) groups is 1. The third-order valence-corrected chi connectivity index (χ3v) is 6.15. The fourth-order valence-electron chi connectivity index (χ4n) is 3.80. The molecule has 0 spiro atoms. The molecule has 0 radical (unpaired) electrons. The Balaban J connectivity index is 1.52. The average molecular weight is 476 g/mol. The number of nitrogens with one attached hydrogen (secondary N) is 1. The number of halogens is 1. The van der Waals surface area contributed by atoms with E-state index >= 15 is 0 Å². The molecule has 0 atom stereocenters. The Labute approximate surface area is 201 Å². The lowest BCUT2D eigenvalue weighted by molar-refractivity contribution is 0.0392. The Bertz CT molecular complexity index is 903. The lowest BCUT2D eigenvalue weighted by Crippen LogP contribution is -2.38. The van der Waals surface area contributed by atoms with Crippen LogP contribution in [-0.2, 0) is 11.3 Å². The number of likely N-dealkylation sites (N-methyl/N-ethyl adjacent to an activating group) is 1. The molecule has 0 unspecified atom stereocenters. The van der Waals surface area contributed by atoms with Crippen LogP contribution in [0.4, 0.5) is 5.95 Å². The van der Waals surface area contributed by atoms with Crippen LogP contribution >= 0.6 is 11.6 Å². The van der Waals surface area contributed by atoms with Crippen LogP contribution in [0.1, 0.15) is 42.7 Å². The maximum atomic E-state index is 12.7. The Morgan fingerprint density at radius 1 is 1.27 bits per heavy atom. The quantitative estimate of drug-likeness (QED) is 0.533. The highest BCUT2D eigenvalue weighted by Gasteiger charge is 2.18. The van der Waals surface area contributed by atoms with Crippen LogP contribution in [0, 0.1) is 0 Å². The predicted octanol–water partition coefficient (Wildman–Crippen LogP) is 3.40. The first-order chi connectivity index (χ1) is 16.0. The number of ether oxygens (including phenoxy) is 2. The summed E-state index contributed by atoms with van der Waals surface area (Å²) in [6.45, 7) is 8.99. The van der Waals surface area contributed by atoms with Gasteiger partial charge < -0.3 is 19.7 Å². The van der Waals surface area contributed by atoms with Crippen molar-refractivity contribution in [2.75, 3.05) is 51.4 Å². The maximum Gasteiger partial charge on any atom is 0.271 e. The van der Waals surface area contributed by atoms with Crippen LogP contribution in [0.2, 0.25) is 5.02 Å². The summed E-state index contributed by atoms with van der Waals surface area (Å²) < 4.78 is 11.4. The van der Waals surface area contributed by atoms with Gasteiger partial charge in [-0.15, -0.1) is 0 Å². The molecule has 0 aliphatic carbocycles. The minimum Gasteiger partial charge on any atom is -0.492 e. The van der Waals surface area contributed by atoms with Gasteiger partial charge in [0.2, 0.25) is 5.95 Å². The van der Waals surface area contributed by atoms with E-state index in [1.54, 1.807) is 0 Å². The fraction of sp³-hybridized carbons (Fsp3) is 0.542. The molecule has 1 aliphatic heterocycles. The molecule has 33 heavy (non-hydrogen) atoms. The molecular formula is C24H34ClN5O3. The number of aromatic nitrogens is 2. The normalized spacial score (nSPS) is 14.3. The molecule has 3 rings (SSSR count). The van der Waals surface area contributed by atoms with E-state index in [9.17, 15) is 4.79 Å². The van der Waals surface area contributed by atoms with Gasteiger partial charge in [-0.2, -0.15) is 0 Å². The molecule has 1 fully saturated rings. The first kappa shape index (κ1) is 25.2. The first-order valence-electron chi connectivity index (χ1n) is 11.6. The maximum absolute atomic E-state index is 12.7. The first-order valence-corrected chi connectivity index (χ1v) is 11.9. The van der Waals surface area contributed by atoms with Crippen LogP contribution in [0.3, 0.4) is 0 Å². The number of hydrogen-bond donors (Lipinski definition) is 1. The van der Waals surface area contributed by atoms with Crippen LogP contribution in [0.15, 0.2) is 30.5 Å². The fourth-order valence-corrected chi connectivity index (χ4v) is 3.98. The second-order valence-corrected chi connectivity index (χ2v) is 8.45. The van der Waals surface area contributed by atoms with Gasteiger partial charge in [0.05, 0.1) is 11.2 Å². The molecule has 1 aromatic heterocycles. The van der Waals surface area contributed by atoms with E-state index in [0.717, 1.165) is 57.0 Å². The van der Waals surface area contributed by atoms with Crippen molar-refractivity contribution in [2.24, 2.45) is 0 Å². The molecule has 2 aromatic rings. The van der Waals surface area contributed by atoms with Crippen molar-refractivity contribution < 1.29 is 14.3 Å². The van der Waals surface area contributed by atoms with Crippen LogP contribution in [0.25, 0.3) is 0 Å².